The average Bonchev–Trinajstić information content (AvgIpc) is 2.06. The van der Waals surface area contributed by atoms with Gasteiger partial charge in [-0.05, 0) is 18.9 Å². The van der Waals surface area contributed by atoms with Gasteiger partial charge in [0, 0.05) is 5.54 Å². The highest BCUT2D eigenvalue weighted by molar-refractivity contribution is 6.25. The SMILES string of the molecule is C/C(=C/Cl)Cc1ccccc1. The molecule has 1 rings (SSSR count). The quantitative estimate of drug-likeness (QED) is 0.632. The molecule has 0 spiro atoms. The maximum absolute atomic E-state index is 5.54. The van der Waals surface area contributed by atoms with Crippen LogP contribution in [0, 0.1) is 0 Å². The molecule has 0 radical (unpaired) electrons. The second kappa shape index (κ2) is 4.20. The lowest BCUT2D eigenvalue weighted by atomic mass is 10.1. The van der Waals surface area contributed by atoms with Crippen LogP contribution in [-0.2, 0) is 6.42 Å². The van der Waals surface area contributed by atoms with Crippen molar-refractivity contribution in [3.05, 3.63) is 47.0 Å². The molecule has 1 heteroatoms. The predicted octanol–water partition coefficient (Wildman–Crippen LogP) is 3.37. The van der Waals surface area contributed by atoms with Crippen molar-refractivity contribution in [1.82, 2.24) is 0 Å². The monoisotopic (exact) mass is 166 g/mol. The van der Waals surface area contributed by atoms with Gasteiger partial charge in [0.1, 0.15) is 0 Å². The van der Waals surface area contributed by atoms with Crippen molar-refractivity contribution >= 4 is 11.6 Å². The van der Waals surface area contributed by atoms with Crippen molar-refractivity contribution in [2.24, 2.45) is 0 Å². The van der Waals surface area contributed by atoms with Gasteiger partial charge in [0.2, 0.25) is 0 Å². The van der Waals surface area contributed by atoms with E-state index in [1.807, 2.05) is 25.1 Å². The fourth-order valence-corrected chi connectivity index (χ4v) is 1.03. The number of allylic oxidation sites excluding steroid dienone is 1. The Hall–Kier alpha value is -0.750. The lowest BCUT2D eigenvalue weighted by Gasteiger charge is -1.98. The van der Waals surface area contributed by atoms with Crippen molar-refractivity contribution in [2.75, 3.05) is 0 Å². The molecule has 0 aromatic heterocycles. The molecule has 0 heterocycles. The van der Waals surface area contributed by atoms with E-state index in [-0.39, 0.29) is 0 Å². The summed E-state index contributed by atoms with van der Waals surface area (Å²) >= 11 is 5.54. The molecule has 0 amide bonds. The van der Waals surface area contributed by atoms with E-state index in [4.69, 9.17) is 11.6 Å². The van der Waals surface area contributed by atoms with Gasteiger partial charge in [-0.1, -0.05) is 47.5 Å². The summed E-state index contributed by atoms with van der Waals surface area (Å²) in [5, 5.41) is 0. The summed E-state index contributed by atoms with van der Waals surface area (Å²) in [5.74, 6) is 0. The van der Waals surface area contributed by atoms with Gasteiger partial charge in [0.05, 0.1) is 0 Å². The molecule has 0 aliphatic heterocycles. The Balaban J connectivity index is 2.65. The zero-order valence-corrected chi connectivity index (χ0v) is 7.31. The molecule has 58 valence electrons. The zero-order chi connectivity index (χ0) is 8.10. The topological polar surface area (TPSA) is 0 Å². The molecule has 1 aromatic rings. The lowest BCUT2D eigenvalue weighted by molar-refractivity contribution is 1.15. The first kappa shape index (κ1) is 8.35. The largest absolute Gasteiger partial charge is 0.0930 e. The number of halogens is 1. The van der Waals surface area contributed by atoms with E-state index < -0.39 is 0 Å². The molecule has 0 aliphatic rings. The minimum absolute atomic E-state index is 0.949. The Morgan fingerprint density at radius 2 is 2.00 bits per heavy atom. The molecule has 0 bridgehead atoms. The Kier molecular flexibility index (Phi) is 3.18. The van der Waals surface area contributed by atoms with Crippen LogP contribution in [0.4, 0.5) is 0 Å². The van der Waals surface area contributed by atoms with E-state index >= 15 is 0 Å². The van der Waals surface area contributed by atoms with E-state index in [0.29, 0.717) is 0 Å². The Bertz CT molecular complexity index is 236. The Morgan fingerprint density at radius 1 is 1.36 bits per heavy atom. The predicted molar refractivity (Wildman–Crippen MR) is 49.8 cm³/mol. The fourth-order valence-electron chi connectivity index (χ4n) is 0.956. The molecule has 0 saturated carbocycles. The van der Waals surface area contributed by atoms with Crippen LogP contribution in [0.5, 0.6) is 0 Å². The van der Waals surface area contributed by atoms with Gasteiger partial charge in [0.25, 0.3) is 0 Å². The van der Waals surface area contributed by atoms with Crippen molar-refractivity contribution in [3.63, 3.8) is 0 Å². The van der Waals surface area contributed by atoms with E-state index in [1.54, 1.807) is 5.54 Å². The standard InChI is InChI=1S/C10H11Cl/c1-9(8-11)7-10-5-3-2-4-6-10/h2-6,8H,7H2,1H3/b9-8-. The van der Waals surface area contributed by atoms with E-state index in [2.05, 4.69) is 12.1 Å². The molecule has 1 aromatic carbocycles. The van der Waals surface area contributed by atoms with E-state index in [9.17, 15) is 0 Å². The summed E-state index contributed by atoms with van der Waals surface area (Å²) in [4.78, 5) is 0. The third-order valence-electron chi connectivity index (χ3n) is 1.51. The average molecular weight is 167 g/mol. The summed E-state index contributed by atoms with van der Waals surface area (Å²) in [5.41, 5.74) is 4.13. The number of hydrogen-bond acceptors (Lipinski definition) is 0. The molecule has 0 atom stereocenters. The van der Waals surface area contributed by atoms with Gasteiger partial charge in [-0.25, -0.2) is 0 Å². The molecular weight excluding hydrogens is 156 g/mol. The smallest absolute Gasteiger partial charge is 0.00350 e. The first-order chi connectivity index (χ1) is 5.33. The van der Waals surface area contributed by atoms with Crippen LogP contribution in [0.2, 0.25) is 0 Å². The molecule has 0 N–H and O–H groups in total. The molecule has 11 heavy (non-hydrogen) atoms. The highest BCUT2D eigenvalue weighted by Crippen LogP contribution is 2.07. The number of hydrogen-bond donors (Lipinski definition) is 0. The first-order valence-electron chi connectivity index (χ1n) is 3.62. The van der Waals surface area contributed by atoms with Crippen LogP contribution >= 0.6 is 11.6 Å². The van der Waals surface area contributed by atoms with E-state index in [1.165, 1.54) is 11.1 Å². The molecule has 0 saturated heterocycles. The van der Waals surface area contributed by atoms with Crippen LogP contribution in [-0.4, -0.2) is 0 Å². The van der Waals surface area contributed by atoms with Gasteiger partial charge < -0.3 is 0 Å². The Morgan fingerprint density at radius 3 is 2.55 bits per heavy atom. The second-order valence-electron chi connectivity index (χ2n) is 2.62. The molecular formula is C10H11Cl. The second-order valence-corrected chi connectivity index (χ2v) is 2.84. The van der Waals surface area contributed by atoms with Gasteiger partial charge >= 0.3 is 0 Å². The number of benzene rings is 1. The number of rotatable bonds is 2. The lowest BCUT2D eigenvalue weighted by Crippen LogP contribution is -1.83. The van der Waals surface area contributed by atoms with Crippen LogP contribution in [0.25, 0.3) is 0 Å². The Labute approximate surface area is 72.5 Å². The third-order valence-corrected chi connectivity index (χ3v) is 1.88. The summed E-state index contributed by atoms with van der Waals surface area (Å²) in [6, 6.07) is 10.3. The van der Waals surface area contributed by atoms with Crippen LogP contribution < -0.4 is 0 Å². The molecule has 0 nitrogen and oxygen atoms in total. The van der Waals surface area contributed by atoms with Crippen molar-refractivity contribution < 1.29 is 0 Å². The minimum atomic E-state index is 0.949. The van der Waals surface area contributed by atoms with Gasteiger partial charge in [0.15, 0.2) is 0 Å². The fraction of sp³-hybridized carbons (Fsp3) is 0.200. The first-order valence-corrected chi connectivity index (χ1v) is 4.06. The highest BCUT2D eigenvalue weighted by Gasteiger charge is 1.91. The van der Waals surface area contributed by atoms with Crippen molar-refractivity contribution in [2.45, 2.75) is 13.3 Å². The third kappa shape index (κ3) is 2.77. The maximum Gasteiger partial charge on any atom is 0.00350 e. The van der Waals surface area contributed by atoms with Crippen LogP contribution in [0.15, 0.2) is 41.4 Å². The van der Waals surface area contributed by atoms with Crippen molar-refractivity contribution in [3.8, 4) is 0 Å². The summed E-state index contributed by atoms with van der Waals surface area (Å²) < 4.78 is 0. The van der Waals surface area contributed by atoms with Gasteiger partial charge in [-0.3, -0.25) is 0 Å². The molecule has 0 unspecified atom stereocenters. The van der Waals surface area contributed by atoms with Gasteiger partial charge in [-0.2, -0.15) is 0 Å². The van der Waals surface area contributed by atoms with Gasteiger partial charge in [-0.15, -0.1) is 0 Å². The normalized spacial score (nSPS) is 11.6. The highest BCUT2D eigenvalue weighted by atomic mass is 35.5. The molecule has 0 fully saturated rings. The van der Waals surface area contributed by atoms with Crippen molar-refractivity contribution in [1.29, 1.82) is 0 Å². The summed E-state index contributed by atoms with van der Waals surface area (Å²) in [7, 11) is 0. The summed E-state index contributed by atoms with van der Waals surface area (Å²) in [6.07, 6.45) is 0.949. The van der Waals surface area contributed by atoms with Crippen LogP contribution in [0.1, 0.15) is 12.5 Å². The summed E-state index contributed by atoms with van der Waals surface area (Å²) in [6.45, 7) is 2.03. The van der Waals surface area contributed by atoms with E-state index in [0.717, 1.165) is 6.42 Å². The zero-order valence-electron chi connectivity index (χ0n) is 6.55. The molecule has 0 aliphatic carbocycles. The van der Waals surface area contributed by atoms with Crippen LogP contribution in [0.3, 0.4) is 0 Å². The maximum atomic E-state index is 5.54. The minimum Gasteiger partial charge on any atom is -0.0930 e.